The van der Waals surface area contributed by atoms with Crippen molar-refractivity contribution in [1.82, 2.24) is 10.2 Å². The van der Waals surface area contributed by atoms with E-state index in [-0.39, 0.29) is 18.5 Å². The van der Waals surface area contributed by atoms with Crippen molar-refractivity contribution in [3.8, 4) is 5.75 Å². The second-order valence-electron chi connectivity index (χ2n) is 8.76. The van der Waals surface area contributed by atoms with Crippen LogP contribution in [0.1, 0.15) is 46.1 Å². The monoisotopic (exact) mass is 517 g/mol. The Labute approximate surface area is 215 Å². The van der Waals surface area contributed by atoms with E-state index in [1.54, 1.807) is 24.3 Å². The van der Waals surface area contributed by atoms with Gasteiger partial charge in [-0.1, -0.05) is 44.2 Å². The summed E-state index contributed by atoms with van der Waals surface area (Å²) in [5, 5.41) is 2.97. The van der Waals surface area contributed by atoms with Crippen molar-refractivity contribution < 1.29 is 22.7 Å². The van der Waals surface area contributed by atoms with Crippen LogP contribution in [0.15, 0.2) is 54.6 Å². The topological polar surface area (TPSA) is 96.0 Å². The number of carbonyl (C=O) groups is 2. The van der Waals surface area contributed by atoms with Gasteiger partial charge in [-0.3, -0.25) is 13.9 Å². The van der Waals surface area contributed by atoms with E-state index >= 15 is 0 Å². The summed E-state index contributed by atoms with van der Waals surface area (Å²) in [6, 6.07) is 15.5. The predicted molar refractivity (Wildman–Crippen MR) is 144 cm³/mol. The fourth-order valence-electron chi connectivity index (χ4n) is 3.83. The summed E-state index contributed by atoms with van der Waals surface area (Å²) in [6.45, 7) is 7.97. The van der Waals surface area contributed by atoms with Crippen molar-refractivity contribution in [3.63, 3.8) is 0 Å². The molecule has 0 spiro atoms. The average Bonchev–Trinajstić information content (AvgIpc) is 2.85. The average molecular weight is 518 g/mol. The van der Waals surface area contributed by atoms with Crippen molar-refractivity contribution >= 4 is 27.5 Å². The largest absolute Gasteiger partial charge is 0.494 e. The van der Waals surface area contributed by atoms with Gasteiger partial charge in [-0.2, -0.15) is 0 Å². The highest BCUT2D eigenvalue weighted by atomic mass is 32.2. The molecule has 2 atom stereocenters. The zero-order valence-corrected chi connectivity index (χ0v) is 22.8. The lowest BCUT2D eigenvalue weighted by Crippen LogP contribution is -2.54. The minimum Gasteiger partial charge on any atom is -0.494 e. The van der Waals surface area contributed by atoms with Gasteiger partial charge in [0.05, 0.1) is 18.6 Å². The molecule has 0 aliphatic heterocycles. The second-order valence-corrected chi connectivity index (χ2v) is 10.7. The molecule has 0 heterocycles. The molecule has 1 N–H and O–H groups in total. The number of ether oxygens (including phenoxy) is 1. The van der Waals surface area contributed by atoms with Crippen LogP contribution in [0.4, 0.5) is 5.69 Å². The van der Waals surface area contributed by atoms with Crippen molar-refractivity contribution in [1.29, 1.82) is 0 Å². The molecule has 0 aliphatic carbocycles. The second kappa shape index (κ2) is 13.9. The first-order valence-corrected chi connectivity index (χ1v) is 14.3. The number of sulfonamides is 1. The maximum Gasteiger partial charge on any atom is 0.244 e. The van der Waals surface area contributed by atoms with Crippen LogP contribution in [-0.2, 0) is 26.0 Å². The Hall–Kier alpha value is -3.07. The standard InChI is InChI=1S/C27H39N3O5S/c1-6-21(4)28-27(32)25(7-2)29(19-18-22-12-10-9-11-13-22)26(31)20-30(36(5,33)34)23-14-16-24(17-15-23)35-8-3/h9-17,21,25H,6-8,18-20H2,1-5H3,(H,28,32)/t21-,25-/m1/s1. The third-order valence-electron chi connectivity index (χ3n) is 5.99. The fraction of sp³-hybridized carbons (Fsp3) is 0.481. The van der Waals surface area contributed by atoms with Gasteiger partial charge in [-0.15, -0.1) is 0 Å². The molecule has 0 aromatic heterocycles. The maximum absolute atomic E-state index is 13.6. The van der Waals surface area contributed by atoms with E-state index in [0.717, 1.165) is 22.5 Å². The Morgan fingerprint density at radius 3 is 2.14 bits per heavy atom. The lowest BCUT2D eigenvalue weighted by Gasteiger charge is -2.33. The molecule has 0 saturated heterocycles. The smallest absolute Gasteiger partial charge is 0.244 e. The molecule has 0 unspecified atom stereocenters. The number of nitrogens with zero attached hydrogens (tertiary/aromatic N) is 2. The normalized spacial score (nSPS) is 12.9. The van der Waals surface area contributed by atoms with Gasteiger partial charge in [0.2, 0.25) is 21.8 Å². The highest BCUT2D eigenvalue weighted by Gasteiger charge is 2.31. The third kappa shape index (κ3) is 8.55. The number of hydrogen-bond donors (Lipinski definition) is 1. The molecule has 8 nitrogen and oxygen atoms in total. The molecule has 2 aromatic carbocycles. The fourth-order valence-corrected chi connectivity index (χ4v) is 4.68. The number of amides is 2. The molecule has 36 heavy (non-hydrogen) atoms. The maximum atomic E-state index is 13.6. The molecule has 0 aliphatic rings. The van der Waals surface area contributed by atoms with Gasteiger partial charge >= 0.3 is 0 Å². The summed E-state index contributed by atoms with van der Waals surface area (Å²) in [7, 11) is -3.77. The van der Waals surface area contributed by atoms with Crippen LogP contribution in [-0.4, -0.2) is 63.2 Å². The lowest BCUT2D eigenvalue weighted by atomic mass is 10.1. The molecule has 2 amide bonds. The summed E-state index contributed by atoms with van der Waals surface area (Å²) in [5.41, 5.74) is 1.38. The van der Waals surface area contributed by atoms with Crippen LogP contribution in [0.3, 0.4) is 0 Å². The molecular weight excluding hydrogens is 478 g/mol. The first-order chi connectivity index (χ1) is 17.1. The minimum absolute atomic E-state index is 0.0333. The number of anilines is 1. The van der Waals surface area contributed by atoms with Crippen LogP contribution in [0.25, 0.3) is 0 Å². The molecule has 198 valence electrons. The van der Waals surface area contributed by atoms with Gasteiger partial charge in [0.1, 0.15) is 18.3 Å². The number of rotatable bonds is 14. The number of benzene rings is 2. The van der Waals surface area contributed by atoms with E-state index in [2.05, 4.69) is 5.32 Å². The lowest BCUT2D eigenvalue weighted by molar-refractivity contribution is -0.139. The summed E-state index contributed by atoms with van der Waals surface area (Å²) in [5.74, 6) is -0.0603. The highest BCUT2D eigenvalue weighted by molar-refractivity contribution is 7.92. The molecular formula is C27H39N3O5S. The molecule has 0 saturated carbocycles. The molecule has 2 rings (SSSR count). The quantitative estimate of drug-likeness (QED) is 0.413. The SMILES string of the molecule is CCOc1ccc(N(CC(=O)N(CCc2ccccc2)[C@H](CC)C(=O)N[C@H](C)CC)S(C)(=O)=O)cc1. The van der Waals surface area contributed by atoms with E-state index in [0.29, 0.717) is 30.9 Å². The van der Waals surface area contributed by atoms with E-state index in [1.807, 2.05) is 58.0 Å². The first-order valence-electron chi connectivity index (χ1n) is 12.4. The molecule has 0 bridgehead atoms. The Bertz CT molecular complexity index is 1070. The number of carbonyl (C=O) groups excluding carboxylic acids is 2. The Balaban J connectivity index is 2.34. The predicted octanol–water partition coefficient (Wildman–Crippen LogP) is 3.62. The summed E-state index contributed by atoms with van der Waals surface area (Å²) >= 11 is 0. The van der Waals surface area contributed by atoms with E-state index in [9.17, 15) is 18.0 Å². The van der Waals surface area contributed by atoms with Gasteiger partial charge in [0, 0.05) is 12.6 Å². The zero-order valence-electron chi connectivity index (χ0n) is 21.9. The van der Waals surface area contributed by atoms with E-state index in [4.69, 9.17) is 4.74 Å². The molecule has 0 fully saturated rings. The summed E-state index contributed by atoms with van der Waals surface area (Å²) < 4.78 is 31.9. The first kappa shape index (κ1) is 29.2. The third-order valence-corrected chi connectivity index (χ3v) is 7.13. The van der Waals surface area contributed by atoms with Crippen molar-refractivity contribution in [3.05, 3.63) is 60.2 Å². The number of hydrogen-bond acceptors (Lipinski definition) is 5. The van der Waals surface area contributed by atoms with Crippen LogP contribution in [0, 0.1) is 0 Å². The Kier molecular flexibility index (Phi) is 11.2. The minimum atomic E-state index is -3.77. The van der Waals surface area contributed by atoms with Gasteiger partial charge in [-0.25, -0.2) is 8.42 Å². The highest BCUT2D eigenvalue weighted by Crippen LogP contribution is 2.22. The van der Waals surface area contributed by atoms with Crippen molar-refractivity contribution in [2.24, 2.45) is 0 Å². The van der Waals surface area contributed by atoms with E-state index < -0.39 is 28.5 Å². The Morgan fingerprint density at radius 1 is 0.972 bits per heavy atom. The van der Waals surface area contributed by atoms with Gasteiger partial charge in [0.15, 0.2) is 0 Å². The molecule has 2 aromatic rings. The van der Waals surface area contributed by atoms with Crippen molar-refractivity contribution in [2.75, 3.05) is 30.3 Å². The van der Waals surface area contributed by atoms with Crippen LogP contribution in [0.2, 0.25) is 0 Å². The molecule has 0 radical (unpaired) electrons. The van der Waals surface area contributed by atoms with Crippen LogP contribution >= 0.6 is 0 Å². The van der Waals surface area contributed by atoms with E-state index in [1.165, 1.54) is 4.90 Å². The van der Waals surface area contributed by atoms with Gasteiger partial charge in [-0.05, 0) is 62.9 Å². The van der Waals surface area contributed by atoms with Crippen LogP contribution < -0.4 is 14.4 Å². The zero-order chi connectivity index (χ0) is 26.7. The summed E-state index contributed by atoms with van der Waals surface area (Å²) in [4.78, 5) is 28.3. The number of nitrogens with one attached hydrogen (secondary N) is 1. The summed E-state index contributed by atoms with van der Waals surface area (Å²) in [6.07, 6.45) is 2.78. The van der Waals surface area contributed by atoms with Crippen molar-refractivity contribution in [2.45, 2.75) is 59.0 Å². The van der Waals surface area contributed by atoms with Gasteiger partial charge in [0.25, 0.3) is 0 Å². The van der Waals surface area contributed by atoms with Gasteiger partial charge < -0.3 is 15.0 Å². The molecule has 9 heteroatoms. The Morgan fingerprint density at radius 2 is 1.61 bits per heavy atom. The van der Waals surface area contributed by atoms with Crippen LogP contribution in [0.5, 0.6) is 5.75 Å².